The van der Waals surface area contributed by atoms with E-state index in [2.05, 4.69) is 0 Å². The van der Waals surface area contributed by atoms with Gasteiger partial charge in [0, 0.05) is 17.3 Å². The lowest BCUT2D eigenvalue weighted by atomic mass is 10.7. The Morgan fingerprint density at radius 1 is 1.58 bits per heavy atom. The zero-order chi connectivity index (χ0) is 9.03. The topological polar surface area (TPSA) is 63.2 Å². The van der Waals surface area contributed by atoms with E-state index in [0.717, 1.165) is 0 Å². The highest BCUT2D eigenvalue weighted by Gasteiger charge is 2.13. The number of thiophene rings is 1. The van der Waals surface area contributed by atoms with Crippen molar-refractivity contribution in [3.8, 4) is 0 Å². The van der Waals surface area contributed by atoms with Crippen molar-refractivity contribution in [1.29, 1.82) is 0 Å². The molecule has 1 heterocycles. The van der Waals surface area contributed by atoms with Crippen LogP contribution in [0.2, 0.25) is 0 Å². The fourth-order valence-electron chi connectivity index (χ4n) is 0.536. The lowest BCUT2D eigenvalue weighted by molar-refractivity contribution is 0.569. The Morgan fingerprint density at radius 3 is 2.83 bits per heavy atom. The summed E-state index contributed by atoms with van der Waals surface area (Å²) in [6.07, 6.45) is 0. The molecule has 0 saturated heterocycles. The maximum absolute atomic E-state index is 11.2. The first-order valence-corrected chi connectivity index (χ1v) is 6.10. The Labute approximate surface area is 78.2 Å². The summed E-state index contributed by atoms with van der Waals surface area (Å²) in [5, 5.41) is 3.15. The van der Waals surface area contributed by atoms with Gasteiger partial charge >= 0.3 is 0 Å². The van der Waals surface area contributed by atoms with E-state index in [1.807, 2.05) is 4.13 Å². The average Bonchev–Trinajstić information content (AvgIpc) is 2.53. The molecule has 12 heavy (non-hydrogen) atoms. The highest BCUT2D eigenvalue weighted by Crippen LogP contribution is 2.13. The molecular weight excluding hydrogens is 218 g/mol. The summed E-state index contributed by atoms with van der Waals surface area (Å²) in [6.45, 7) is 0. The molecule has 1 aromatic rings. The van der Waals surface area contributed by atoms with Gasteiger partial charge in [0.15, 0.2) is 5.62 Å². The van der Waals surface area contributed by atoms with E-state index < -0.39 is 10.0 Å². The molecule has 4 nitrogen and oxygen atoms in total. The van der Waals surface area contributed by atoms with Crippen LogP contribution in [0.5, 0.6) is 0 Å². The van der Waals surface area contributed by atoms with Gasteiger partial charge in [-0.3, -0.25) is 4.79 Å². The molecule has 0 saturated carbocycles. The largest absolute Gasteiger partial charge is 0.290 e. The zero-order valence-corrected chi connectivity index (χ0v) is 8.21. The number of hydrogen-bond donors (Lipinski definition) is 1. The number of nitrogens with one attached hydrogen (secondary N) is 1. The number of rotatable bonds is 4. The fourth-order valence-corrected chi connectivity index (χ4v) is 3.11. The van der Waals surface area contributed by atoms with E-state index in [9.17, 15) is 13.2 Å². The van der Waals surface area contributed by atoms with E-state index in [1.54, 1.807) is 5.38 Å². The summed E-state index contributed by atoms with van der Waals surface area (Å²) < 4.78 is 24.4. The van der Waals surface area contributed by atoms with Gasteiger partial charge in [-0.15, -0.1) is 4.13 Å². The molecule has 0 atom stereocenters. The molecule has 1 rings (SSSR count). The van der Waals surface area contributed by atoms with Crippen LogP contribution in [-0.2, 0) is 14.8 Å². The van der Waals surface area contributed by atoms with Crippen LogP contribution in [0.4, 0.5) is 0 Å². The molecule has 0 aromatic carbocycles. The second-order valence-electron chi connectivity index (χ2n) is 1.76. The molecule has 1 aromatic heterocycles. The summed E-state index contributed by atoms with van der Waals surface area (Å²) >= 11 is 1.78. The summed E-state index contributed by atoms with van der Waals surface area (Å²) in [7, 11) is -3.49. The Bertz CT molecular complexity index is 342. The molecule has 1 N–H and O–H groups in total. The molecule has 0 radical (unpaired) electrons. The van der Waals surface area contributed by atoms with Crippen LogP contribution in [-0.4, -0.2) is 14.0 Å². The molecule has 0 unspecified atom stereocenters. The van der Waals surface area contributed by atoms with E-state index in [0.29, 0.717) is 17.6 Å². The zero-order valence-electron chi connectivity index (χ0n) is 5.76. The van der Waals surface area contributed by atoms with Crippen LogP contribution in [0.25, 0.3) is 0 Å². The van der Waals surface area contributed by atoms with Crippen LogP contribution >= 0.6 is 23.3 Å². The molecule has 0 aliphatic rings. The molecule has 7 heteroatoms. The van der Waals surface area contributed by atoms with Crippen molar-refractivity contribution >= 4 is 38.9 Å². The summed E-state index contributed by atoms with van der Waals surface area (Å²) in [6, 6.07) is 1.47. The summed E-state index contributed by atoms with van der Waals surface area (Å²) in [4.78, 5) is 10.0. The normalized spacial score (nSPS) is 11.3. The maximum Gasteiger partial charge on any atom is 0.250 e. The summed E-state index contributed by atoms with van der Waals surface area (Å²) in [5.74, 6) is 0. The predicted octanol–water partition coefficient (Wildman–Crippen LogP) is 0.865. The van der Waals surface area contributed by atoms with Gasteiger partial charge in [0.05, 0.1) is 4.90 Å². The van der Waals surface area contributed by atoms with Crippen LogP contribution < -0.4 is 4.13 Å². The first kappa shape index (κ1) is 9.72. The smallest absolute Gasteiger partial charge is 0.250 e. The number of sulfonamides is 1. The monoisotopic (exact) mass is 223 g/mol. The Morgan fingerprint density at radius 2 is 2.33 bits per heavy atom. The molecule has 0 aliphatic heterocycles. The van der Waals surface area contributed by atoms with Crippen molar-refractivity contribution in [2.75, 3.05) is 0 Å². The minimum Gasteiger partial charge on any atom is -0.290 e. The van der Waals surface area contributed by atoms with Crippen LogP contribution in [0, 0.1) is 0 Å². The van der Waals surface area contributed by atoms with Crippen molar-refractivity contribution in [2.24, 2.45) is 0 Å². The molecule has 0 aliphatic carbocycles. The first-order valence-electron chi connectivity index (χ1n) is 2.80. The first-order chi connectivity index (χ1) is 5.67. The van der Waals surface area contributed by atoms with Gasteiger partial charge in [-0.1, -0.05) is 0 Å². The minimum atomic E-state index is -3.49. The molecular formula is C5H5NO3S3. The van der Waals surface area contributed by atoms with Crippen LogP contribution in [0.1, 0.15) is 0 Å². The van der Waals surface area contributed by atoms with Gasteiger partial charge in [0.25, 0.3) is 10.0 Å². The van der Waals surface area contributed by atoms with Gasteiger partial charge in [0.2, 0.25) is 0 Å². The molecule has 66 valence electrons. The number of carbonyl (C=O) groups is 1. The van der Waals surface area contributed by atoms with Crippen molar-refractivity contribution in [3.05, 3.63) is 16.8 Å². The SMILES string of the molecule is O=CSNS(=O)(=O)c1ccsc1. The van der Waals surface area contributed by atoms with E-state index >= 15 is 0 Å². The second kappa shape index (κ2) is 4.04. The molecule has 0 bridgehead atoms. The highest BCUT2D eigenvalue weighted by molar-refractivity contribution is 8.17. The molecule has 0 fully saturated rings. The lowest BCUT2D eigenvalue weighted by Crippen LogP contribution is -2.15. The van der Waals surface area contributed by atoms with E-state index in [4.69, 9.17) is 0 Å². The molecule has 0 amide bonds. The highest BCUT2D eigenvalue weighted by atomic mass is 32.3. The van der Waals surface area contributed by atoms with Crippen LogP contribution in [0.3, 0.4) is 0 Å². The Balaban J connectivity index is 2.80. The molecule has 0 spiro atoms. The maximum atomic E-state index is 11.2. The third kappa shape index (κ3) is 2.31. The average molecular weight is 223 g/mol. The lowest BCUT2D eigenvalue weighted by Gasteiger charge is -1.97. The number of hydrogen-bond acceptors (Lipinski definition) is 5. The Kier molecular flexibility index (Phi) is 3.27. The number of carbonyl (C=O) groups excluding carboxylic acids is 1. The van der Waals surface area contributed by atoms with Crippen molar-refractivity contribution < 1.29 is 13.2 Å². The summed E-state index contributed by atoms with van der Waals surface area (Å²) in [5.41, 5.74) is 0.421. The predicted molar refractivity (Wildman–Crippen MR) is 49.0 cm³/mol. The van der Waals surface area contributed by atoms with Gasteiger partial charge in [-0.25, -0.2) is 8.42 Å². The van der Waals surface area contributed by atoms with Gasteiger partial charge in [-0.2, -0.15) is 11.3 Å². The quantitative estimate of drug-likeness (QED) is 0.607. The van der Waals surface area contributed by atoms with Crippen molar-refractivity contribution in [2.45, 2.75) is 4.90 Å². The van der Waals surface area contributed by atoms with Crippen molar-refractivity contribution in [1.82, 2.24) is 4.13 Å². The van der Waals surface area contributed by atoms with Gasteiger partial charge in [-0.05, 0) is 11.4 Å². The van der Waals surface area contributed by atoms with E-state index in [1.165, 1.54) is 22.8 Å². The standard InChI is InChI=1S/C5H5NO3S3/c7-4-11-6-12(8,9)5-1-2-10-3-5/h1-4,6H. The minimum absolute atomic E-state index is 0.182. The van der Waals surface area contributed by atoms with Crippen molar-refractivity contribution in [3.63, 3.8) is 0 Å². The third-order valence-electron chi connectivity index (χ3n) is 1.01. The Hall–Kier alpha value is -0.370. The second-order valence-corrected chi connectivity index (χ2v) is 5.11. The van der Waals surface area contributed by atoms with E-state index in [-0.39, 0.29) is 4.90 Å². The third-order valence-corrected chi connectivity index (χ3v) is 4.08. The van der Waals surface area contributed by atoms with Gasteiger partial charge in [0.1, 0.15) is 0 Å². The van der Waals surface area contributed by atoms with Crippen LogP contribution in [0.15, 0.2) is 21.7 Å². The fraction of sp³-hybridized carbons (Fsp3) is 0. The van der Waals surface area contributed by atoms with Gasteiger partial charge < -0.3 is 0 Å².